The summed E-state index contributed by atoms with van der Waals surface area (Å²) in [5.74, 6) is 0.857. The van der Waals surface area contributed by atoms with E-state index in [4.69, 9.17) is 14.7 Å². The molecule has 5 aromatic rings. The second kappa shape index (κ2) is 10.5. The van der Waals surface area contributed by atoms with Crippen LogP contribution in [0, 0.1) is 0 Å². The average Bonchev–Trinajstić information content (AvgIpc) is 3.66. The van der Waals surface area contributed by atoms with Crippen molar-refractivity contribution in [3.8, 4) is 5.75 Å². The summed E-state index contributed by atoms with van der Waals surface area (Å²) < 4.78 is 7.83. The van der Waals surface area contributed by atoms with Gasteiger partial charge in [0.1, 0.15) is 11.3 Å². The molecule has 0 radical (unpaired) electrons. The third-order valence-electron chi connectivity index (χ3n) is 7.24. The molecule has 0 saturated carbocycles. The van der Waals surface area contributed by atoms with E-state index in [1.807, 2.05) is 24.5 Å². The number of benzene rings is 4. The molecule has 6 rings (SSSR count). The van der Waals surface area contributed by atoms with E-state index in [2.05, 4.69) is 113 Å². The highest BCUT2D eigenvalue weighted by atomic mass is 16.5. The molecule has 0 bridgehead atoms. The number of hydrogen-bond acceptors (Lipinski definition) is 4. The van der Waals surface area contributed by atoms with Gasteiger partial charge >= 0.3 is 0 Å². The molecule has 1 aliphatic rings. The van der Waals surface area contributed by atoms with E-state index in [0.717, 1.165) is 29.3 Å². The normalized spacial score (nSPS) is 13.9. The molecule has 0 fully saturated rings. The van der Waals surface area contributed by atoms with Gasteiger partial charge in [0, 0.05) is 24.8 Å². The van der Waals surface area contributed by atoms with Crippen molar-refractivity contribution in [1.82, 2.24) is 14.5 Å². The number of rotatable bonds is 8. The number of methoxy groups -OCH3 is 1. The van der Waals surface area contributed by atoms with Crippen LogP contribution in [-0.4, -0.2) is 40.5 Å². The lowest BCUT2D eigenvalue weighted by molar-refractivity contribution is 0.330. The van der Waals surface area contributed by atoms with Gasteiger partial charge in [0.2, 0.25) is 0 Å². The number of hydrogen-bond donors (Lipinski definition) is 0. The van der Waals surface area contributed by atoms with Crippen LogP contribution in [0.2, 0.25) is 0 Å². The summed E-state index contributed by atoms with van der Waals surface area (Å²) >= 11 is 0. The summed E-state index contributed by atoms with van der Waals surface area (Å²) in [4.78, 5) is 12.0. The molecule has 1 aromatic heterocycles. The Morgan fingerprint density at radius 1 is 0.737 bits per heavy atom. The first-order valence-corrected chi connectivity index (χ1v) is 12.9. The number of aromatic nitrogens is 2. The van der Waals surface area contributed by atoms with E-state index in [-0.39, 0.29) is 0 Å². The lowest BCUT2D eigenvalue weighted by Crippen LogP contribution is -2.37. The first kappa shape index (κ1) is 23.9. The van der Waals surface area contributed by atoms with Crippen LogP contribution in [0.25, 0.3) is 0 Å². The molecular formula is C33H30N4O. The van der Waals surface area contributed by atoms with Gasteiger partial charge in [0.25, 0.3) is 0 Å². The minimum atomic E-state index is -0.556. The summed E-state index contributed by atoms with van der Waals surface area (Å²) in [7, 11) is 1.71. The maximum atomic E-state index is 5.56. The monoisotopic (exact) mass is 498 g/mol. The van der Waals surface area contributed by atoms with Crippen LogP contribution in [0.1, 0.15) is 27.9 Å². The Balaban J connectivity index is 1.36. The van der Waals surface area contributed by atoms with Crippen molar-refractivity contribution in [1.29, 1.82) is 0 Å². The van der Waals surface area contributed by atoms with Gasteiger partial charge in [-0.1, -0.05) is 103 Å². The lowest BCUT2D eigenvalue weighted by atomic mass is 9.77. The first-order valence-electron chi connectivity index (χ1n) is 12.9. The number of imidazole rings is 1. The smallest absolute Gasteiger partial charge is 0.127 e. The third kappa shape index (κ3) is 4.31. The van der Waals surface area contributed by atoms with E-state index in [9.17, 15) is 0 Å². The fourth-order valence-corrected chi connectivity index (χ4v) is 5.50. The first-order chi connectivity index (χ1) is 18.8. The van der Waals surface area contributed by atoms with Crippen molar-refractivity contribution in [3.63, 3.8) is 0 Å². The molecule has 188 valence electrons. The van der Waals surface area contributed by atoms with Crippen LogP contribution in [0.5, 0.6) is 5.75 Å². The Morgan fingerprint density at radius 2 is 1.29 bits per heavy atom. The van der Waals surface area contributed by atoms with Crippen molar-refractivity contribution in [2.24, 2.45) is 4.99 Å². The lowest BCUT2D eigenvalue weighted by Gasteiger charge is -2.37. The fourth-order valence-electron chi connectivity index (χ4n) is 5.50. The predicted molar refractivity (Wildman–Crippen MR) is 152 cm³/mol. The predicted octanol–water partition coefficient (Wildman–Crippen LogP) is 5.99. The van der Waals surface area contributed by atoms with Gasteiger partial charge in [-0.3, -0.25) is 9.89 Å². The quantitative estimate of drug-likeness (QED) is 0.247. The van der Waals surface area contributed by atoms with Gasteiger partial charge in [-0.05, 0) is 28.8 Å². The van der Waals surface area contributed by atoms with Crippen molar-refractivity contribution >= 4 is 5.71 Å². The van der Waals surface area contributed by atoms with Crippen molar-refractivity contribution in [3.05, 3.63) is 156 Å². The number of para-hydroxylation sites is 1. The zero-order chi connectivity index (χ0) is 25.8. The Labute approximate surface area is 223 Å². The topological polar surface area (TPSA) is 42.6 Å². The second-order valence-electron chi connectivity index (χ2n) is 9.51. The van der Waals surface area contributed by atoms with Gasteiger partial charge in [-0.2, -0.15) is 0 Å². The van der Waals surface area contributed by atoms with E-state index in [1.165, 1.54) is 16.7 Å². The molecule has 1 aliphatic heterocycles. The van der Waals surface area contributed by atoms with Gasteiger partial charge in [-0.15, -0.1) is 0 Å². The molecule has 2 heterocycles. The molecule has 38 heavy (non-hydrogen) atoms. The van der Waals surface area contributed by atoms with E-state index >= 15 is 0 Å². The summed E-state index contributed by atoms with van der Waals surface area (Å²) in [6.07, 6.45) is 4.16. The Bertz CT molecular complexity index is 1430. The van der Waals surface area contributed by atoms with Crippen molar-refractivity contribution in [2.75, 3.05) is 20.3 Å². The maximum Gasteiger partial charge on any atom is 0.127 e. The minimum Gasteiger partial charge on any atom is -0.496 e. The molecule has 5 nitrogen and oxygen atoms in total. The van der Waals surface area contributed by atoms with Gasteiger partial charge in [-0.25, -0.2) is 4.98 Å². The van der Waals surface area contributed by atoms with Crippen LogP contribution in [0.15, 0.2) is 133 Å². The highest BCUT2D eigenvalue weighted by Gasteiger charge is 2.38. The SMILES string of the molecule is COc1ccccc1C1=NCN(Cc2cn(C(c3ccccc3)(c3ccccc3)c3ccccc3)cn2)C1. The van der Waals surface area contributed by atoms with Gasteiger partial charge < -0.3 is 9.30 Å². The molecule has 0 spiro atoms. The minimum absolute atomic E-state index is 0.556. The molecule has 0 N–H and O–H groups in total. The van der Waals surface area contributed by atoms with Crippen LogP contribution < -0.4 is 4.74 Å². The Morgan fingerprint density at radius 3 is 1.87 bits per heavy atom. The van der Waals surface area contributed by atoms with Gasteiger partial charge in [0.05, 0.1) is 31.5 Å². The summed E-state index contributed by atoms with van der Waals surface area (Å²) in [5.41, 5.74) is 6.11. The highest BCUT2D eigenvalue weighted by molar-refractivity contribution is 6.05. The number of nitrogens with zero attached hydrogens (tertiary/aromatic N) is 4. The number of ether oxygens (including phenoxy) is 1. The van der Waals surface area contributed by atoms with Crippen molar-refractivity contribution < 1.29 is 4.74 Å². The zero-order valence-electron chi connectivity index (χ0n) is 21.4. The Hall–Kier alpha value is -4.48. The molecule has 0 unspecified atom stereocenters. The molecule has 0 aliphatic carbocycles. The number of aliphatic imine (C=N–C) groups is 1. The standard InChI is InChI=1S/C33H30N4O/c1-38-32-20-12-11-19-30(32)31-23-36(24-35-31)21-29-22-37(25-34-29)33(26-13-5-2-6-14-26,27-15-7-3-8-16-27)28-17-9-4-10-18-28/h2-20,22,25H,21,23-24H2,1H3. The molecule has 5 heteroatoms. The van der Waals surface area contributed by atoms with Crippen LogP contribution in [0.3, 0.4) is 0 Å². The molecule has 0 amide bonds. The average molecular weight is 499 g/mol. The maximum absolute atomic E-state index is 5.56. The van der Waals surface area contributed by atoms with Crippen LogP contribution in [0.4, 0.5) is 0 Å². The summed E-state index contributed by atoms with van der Waals surface area (Å²) in [5, 5.41) is 0. The summed E-state index contributed by atoms with van der Waals surface area (Å²) in [6, 6.07) is 40.1. The third-order valence-corrected chi connectivity index (χ3v) is 7.24. The Kier molecular flexibility index (Phi) is 6.59. The van der Waals surface area contributed by atoms with E-state index in [1.54, 1.807) is 7.11 Å². The van der Waals surface area contributed by atoms with E-state index < -0.39 is 5.54 Å². The zero-order valence-corrected chi connectivity index (χ0v) is 21.4. The largest absolute Gasteiger partial charge is 0.496 e. The highest BCUT2D eigenvalue weighted by Crippen LogP contribution is 2.40. The molecular weight excluding hydrogens is 468 g/mol. The second-order valence-corrected chi connectivity index (χ2v) is 9.51. The molecule has 4 aromatic carbocycles. The van der Waals surface area contributed by atoms with Crippen molar-refractivity contribution in [2.45, 2.75) is 12.1 Å². The van der Waals surface area contributed by atoms with Crippen LogP contribution in [-0.2, 0) is 12.1 Å². The van der Waals surface area contributed by atoms with Gasteiger partial charge in [0.15, 0.2) is 0 Å². The molecule has 0 atom stereocenters. The molecule has 0 saturated heterocycles. The fraction of sp³-hybridized carbons (Fsp3) is 0.152. The summed E-state index contributed by atoms with van der Waals surface area (Å²) in [6.45, 7) is 2.11. The van der Waals surface area contributed by atoms with Crippen LogP contribution >= 0.6 is 0 Å². The van der Waals surface area contributed by atoms with E-state index in [0.29, 0.717) is 13.2 Å².